The largest absolute Gasteiger partial charge is 0.388 e. The molecule has 31 heavy (non-hydrogen) atoms. The molecule has 1 atom stereocenters. The van der Waals surface area contributed by atoms with Crippen molar-refractivity contribution in [1.82, 2.24) is 24.8 Å². The first-order valence-corrected chi connectivity index (χ1v) is 9.69. The summed E-state index contributed by atoms with van der Waals surface area (Å²) in [6, 6.07) is 1.19. The van der Waals surface area contributed by atoms with Gasteiger partial charge in [0.15, 0.2) is 5.65 Å². The Kier molecular flexibility index (Phi) is 10.6. The number of carbonyl (C=O) groups is 1. The zero-order valence-electron chi connectivity index (χ0n) is 18.1. The summed E-state index contributed by atoms with van der Waals surface area (Å²) < 4.78 is 55.3. The molecule has 8 nitrogen and oxygen atoms in total. The molecule has 2 amide bonds. The molecule has 3 heterocycles. The van der Waals surface area contributed by atoms with E-state index in [1.807, 2.05) is 0 Å². The van der Waals surface area contributed by atoms with Gasteiger partial charge >= 0.3 is 6.03 Å². The van der Waals surface area contributed by atoms with Gasteiger partial charge in [-0.3, -0.25) is 0 Å². The van der Waals surface area contributed by atoms with Gasteiger partial charge in [0.2, 0.25) is 6.43 Å². The number of nitrogens with two attached hydrogens (primary N) is 1. The van der Waals surface area contributed by atoms with E-state index in [1.54, 1.807) is 44.8 Å². The Morgan fingerprint density at radius 2 is 2.00 bits per heavy atom. The maximum atomic E-state index is 13.3. The number of rotatable bonds is 5. The summed E-state index contributed by atoms with van der Waals surface area (Å²) in [5.74, 6) is -3.36. The molecule has 0 spiro atoms. The third-order valence-electron chi connectivity index (χ3n) is 4.29. The number of hydrogen-bond acceptors (Lipinski definition) is 5. The molecule has 2 aromatic heterocycles. The van der Waals surface area contributed by atoms with Crippen molar-refractivity contribution in [2.75, 3.05) is 27.3 Å². The van der Waals surface area contributed by atoms with Gasteiger partial charge in [-0.2, -0.15) is 5.10 Å². The fourth-order valence-corrected chi connectivity index (χ4v) is 2.40. The van der Waals surface area contributed by atoms with Crippen LogP contribution in [0.2, 0.25) is 0 Å². The highest BCUT2D eigenvalue weighted by Gasteiger charge is 2.38. The van der Waals surface area contributed by atoms with E-state index in [2.05, 4.69) is 20.1 Å². The van der Waals surface area contributed by atoms with Gasteiger partial charge in [0.1, 0.15) is 0 Å². The topological polar surface area (TPSA) is 97.8 Å². The molecular weight excluding hydrogens is 420 g/mol. The molecule has 0 aromatic carbocycles. The van der Waals surface area contributed by atoms with Crippen molar-refractivity contribution in [2.24, 2.45) is 11.7 Å². The van der Waals surface area contributed by atoms with Gasteiger partial charge in [0.05, 0.1) is 31.2 Å². The molecule has 2 aromatic rings. The van der Waals surface area contributed by atoms with E-state index in [0.717, 1.165) is 4.90 Å². The van der Waals surface area contributed by atoms with Crippen LogP contribution in [0.4, 0.5) is 22.4 Å². The number of hydrogen-bond donors (Lipinski definition) is 2. The van der Waals surface area contributed by atoms with Crippen molar-refractivity contribution in [1.29, 1.82) is 0 Å². The highest BCUT2D eigenvalue weighted by atomic mass is 19.3. The first-order valence-electron chi connectivity index (χ1n) is 9.69. The second kappa shape index (κ2) is 12.4. The summed E-state index contributed by atoms with van der Waals surface area (Å²) in [5.41, 5.74) is 7.38. The van der Waals surface area contributed by atoms with Crippen LogP contribution in [0.5, 0.6) is 0 Å². The van der Waals surface area contributed by atoms with Gasteiger partial charge in [-0.1, -0.05) is 13.8 Å². The minimum atomic E-state index is -2.93. The predicted octanol–water partition coefficient (Wildman–Crippen LogP) is 2.91. The van der Waals surface area contributed by atoms with Crippen LogP contribution in [0, 0.1) is 5.92 Å². The van der Waals surface area contributed by atoms with Crippen molar-refractivity contribution < 1.29 is 27.1 Å². The molecule has 1 aliphatic heterocycles. The van der Waals surface area contributed by atoms with E-state index in [4.69, 9.17) is 5.73 Å². The first-order chi connectivity index (χ1) is 14.6. The molecule has 0 saturated carbocycles. The number of nitrogens with zero attached hydrogens (tertiary/aromatic N) is 4. The number of fused-ring (bicyclic) bond motifs is 1. The van der Waals surface area contributed by atoms with Gasteiger partial charge in [0.25, 0.3) is 5.92 Å². The molecule has 0 aliphatic carbocycles. The number of methoxy groups -OCH3 is 1. The second-order valence-electron chi connectivity index (χ2n) is 7.10. The molecule has 1 saturated heterocycles. The van der Waals surface area contributed by atoms with Gasteiger partial charge in [0, 0.05) is 33.2 Å². The number of urea groups is 1. The molecule has 3 N–H and O–H groups in total. The van der Waals surface area contributed by atoms with Crippen LogP contribution in [0.15, 0.2) is 18.5 Å². The molecule has 0 bridgehead atoms. The third kappa shape index (κ3) is 8.66. The second-order valence-corrected chi connectivity index (χ2v) is 7.10. The van der Waals surface area contributed by atoms with Crippen LogP contribution in [-0.4, -0.2) is 65.2 Å². The minimum absolute atomic E-state index is 0.0513. The fourth-order valence-electron chi connectivity index (χ4n) is 2.40. The number of nitrogens with one attached hydrogen (secondary N) is 1. The molecule has 0 radical (unpaired) electrons. The Hall–Kier alpha value is -2.47. The summed E-state index contributed by atoms with van der Waals surface area (Å²) >= 11 is 0. The summed E-state index contributed by atoms with van der Waals surface area (Å²) in [6.45, 7) is 2.42. The lowest BCUT2D eigenvalue weighted by atomic mass is 10.1. The SMILES string of the molecule is CCC(C)C(F)F.COC.NCc1cn2ncc(CN3CC(F)(F)CNC3=O)cc2n1. The maximum Gasteiger partial charge on any atom is 0.318 e. The fraction of sp³-hybridized carbons (Fsp3) is 0.632. The number of alkyl halides is 4. The average molecular weight is 450 g/mol. The van der Waals surface area contributed by atoms with E-state index in [1.165, 1.54) is 6.20 Å². The molecule has 176 valence electrons. The molecule has 1 unspecified atom stereocenters. The molecule has 12 heteroatoms. The van der Waals surface area contributed by atoms with Crippen molar-refractivity contribution in [3.05, 3.63) is 29.7 Å². The maximum absolute atomic E-state index is 13.3. The smallest absolute Gasteiger partial charge is 0.318 e. The average Bonchev–Trinajstić information content (AvgIpc) is 3.13. The van der Waals surface area contributed by atoms with E-state index >= 15 is 0 Å². The normalized spacial score (nSPS) is 16.2. The minimum Gasteiger partial charge on any atom is -0.388 e. The van der Waals surface area contributed by atoms with Crippen LogP contribution in [-0.2, 0) is 17.8 Å². The number of ether oxygens (including phenoxy) is 1. The van der Waals surface area contributed by atoms with Crippen molar-refractivity contribution in [3.63, 3.8) is 0 Å². The Labute approximate surface area is 178 Å². The Bertz CT molecular complexity index is 818. The monoisotopic (exact) mass is 450 g/mol. The lowest BCUT2D eigenvalue weighted by Crippen LogP contribution is -2.56. The zero-order valence-corrected chi connectivity index (χ0v) is 18.1. The van der Waals surface area contributed by atoms with Crippen molar-refractivity contribution >= 4 is 11.7 Å². The van der Waals surface area contributed by atoms with E-state index in [-0.39, 0.29) is 6.54 Å². The van der Waals surface area contributed by atoms with E-state index in [0.29, 0.717) is 29.9 Å². The number of carbonyl (C=O) groups excluding carboxylic acids is 1. The van der Waals surface area contributed by atoms with Crippen LogP contribution in [0.25, 0.3) is 5.65 Å². The first kappa shape index (κ1) is 26.6. The number of imidazole rings is 1. The van der Waals surface area contributed by atoms with Gasteiger partial charge < -0.3 is 20.7 Å². The van der Waals surface area contributed by atoms with Crippen LogP contribution in [0.3, 0.4) is 0 Å². The summed E-state index contributed by atoms with van der Waals surface area (Å²) in [5, 5.41) is 6.30. The lowest BCUT2D eigenvalue weighted by Gasteiger charge is -2.32. The highest BCUT2D eigenvalue weighted by Crippen LogP contribution is 2.20. The van der Waals surface area contributed by atoms with Crippen molar-refractivity contribution in [2.45, 2.75) is 45.7 Å². The quantitative estimate of drug-likeness (QED) is 0.683. The summed E-state index contributed by atoms with van der Waals surface area (Å²) in [6.07, 6.45) is 1.65. The number of aromatic nitrogens is 3. The predicted molar refractivity (Wildman–Crippen MR) is 108 cm³/mol. The Morgan fingerprint density at radius 1 is 1.35 bits per heavy atom. The Morgan fingerprint density at radius 3 is 2.52 bits per heavy atom. The third-order valence-corrected chi connectivity index (χ3v) is 4.29. The van der Waals surface area contributed by atoms with Gasteiger partial charge in [-0.15, -0.1) is 0 Å². The standard InChI is InChI=1S/C12H14F2N6O.C5H10F2.C2H6O/c13-12(14)6-16-11(21)19(7-12)4-8-1-10-18-9(2-15)5-20(10)17-3-8;1-3-4(2)5(6)7;1-3-2/h1,3,5H,2,4,6-7,15H2,(H,16,21);4-5H,3H2,1-2H3;1-2H3. The van der Waals surface area contributed by atoms with Crippen LogP contribution < -0.4 is 11.1 Å². The van der Waals surface area contributed by atoms with Gasteiger partial charge in [-0.05, 0) is 18.1 Å². The number of amides is 2. The highest BCUT2D eigenvalue weighted by molar-refractivity contribution is 5.75. The molecule has 3 rings (SSSR count). The Balaban J connectivity index is 0.000000406. The molecule has 1 aliphatic rings. The molecular formula is C19H30F4N6O2. The lowest BCUT2D eigenvalue weighted by molar-refractivity contribution is -0.0367. The van der Waals surface area contributed by atoms with Crippen molar-refractivity contribution in [3.8, 4) is 0 Å². The summed E-state index contributed by atoms with van der Waals surface area (Å²) in [4.78, 5) is 16.9. The van der Waals surface area contributed by atoms with E-state index in [9.17, 15) is 22.4 Å². The zero-order chi connectivity index (χ0) is 23.6. The van der Waals surface area contributed by atoms with Crippen LogP contribution >= 0.6 is 0 Å². The molecule has 1 fully saturated rings. The van der Waals surface area contributed by atoms with E-state index < -0.39 is 37.4 Å². The summed E-state index contributed by atoms with van der Waals surface area (Å²) in [7, 11) is 3.25. The van der Waals surface area contributed by atoms with Gasteiger partial charge in [-0.25, -0.2) is 31.9 Å². The van der Waals surface area contributed by atoms with Crippen LogP contribution in [0.1, 0.15) is 31.5 Å². The number of halogens is 4.